The van der Waals surface area contributed by atoms with E-state index in [0.717, 1.165) is 44.1 Å². The molecule has 1 saturated carbocycles. The molecule has 2 unspecified atom stereocenters. The van der Waals surface area contributed by atoms with Crippen molar-refractivity contribution in [2.75, 3.05) is 0 Å². The fraction of sp³-hybridized carbons (Fsp3) is 0.567. The van der Waals surface area contributed by atoms with Gasteiger partial charge in [-0.15, -0.1) is 0 Å². The third-order valence-electron chi connectivity index (χ3n) is 7.96. The summed E-state index contributed by atoms with van der Waals surface area (Å²) in [4.78, 5) is 17.7. The number of halogens is 1. The number of unbranched alkanes of at least 4 members (excludes halogenated alkanes) is 2. The number of hydrogen-bond acceptors (Lipinski definition) is 4. The van der Waals surface area contributed by atoms with Crippen LogP contribution in [-0.4, -0.2) is 11.2 Å². The van der Waals surface area contributed by atoms with Crippen LogP contribution < -0.4 is 0 Å². The summed E-state index contributed by atoms with van der Waals surface area (Å²) >= 11 is 0. The zero-order valence-corrected chi connectivity index (χ0v) is 21.1. The van der Waals surface area contributed by atoms with Crippen LogP contribution in [0.2, 0.25) is 0 Å². The Bertz CT molecular complexity index is 979. The molecule has 0 spiro atoms. The molecule has 35 heavy (non-hydrogen) atoms. The highest BCUT2D eigenvalue weighted by Crippen LogP contribution is 2.42. The summed E-state index contributed by atoms with van der Waals surface area (Å²) in [5.41, 5.74) is 3.04. The minimum absolute atomic E-state index is 0.0170. The number of rotatable bonds is 10. The van der Waals surface area contributed by atoms with Crippen molar-refractivity contribution in [3.63, 3.8) is 0 Å². The van der Waals surface area contributed by atoms with E-state index in [4.69, 9.17) is 9.62 Å². The Kier molecular flexibility index (Phi) is 8.96. The van der Waals surface area contributed by atoms with Crippen molar-refractivity contribution in [3.05, 3.63) is 70.0 Å². The molecule has 1 aliphatic heterocycles. The van der Waals surface area contributed by atoms with E-state index in [1.165, 1.54) is 31.2 Å². The molecule has 5 heteroatoms. The zero-order chi connectivity index (χ0) is 24.8. The second kappa shape index (κ2) is 12.1. The van der Waals surface area contributed by atoms with Gasteiger partial charge in [0.05, 0.1) is 5.56 Å². The minimum Gasteiger partial charge on any atom is -0.453 e. The second-order valence-corrected chi connectivity index (χ2v) is 10.4. The number of carbonyl (C=O) groups excluding carboxylic acids is 1. The number of esters is 1. The third-order valence-corrected chi connectivity index (χ3v) is 7.96. The molecule has 2 aromatic rings. The fourth-order valence-electron chi connectivity index (χ4n) is 5.91. The molecule has 0 aromatic heterocycles. The van der Waals surface area contributed by atoms with E-state index in [0.29, 0.717) is 17.9 Å². The molecule has 1 aliphatic carbocycles. The number of benzene rings is 2. The lowest BCUT2D eigenvalue weighted by Crippen LogP contribution is -2.26. The van der Waals surface area contributed by atoms with Crippen LogP contribution in [0.4, 0.5) is 4.39 Å². The van der Waals surface area contributed by atoms with Crippen LogP contribution in [0.5, 0.6) is 0 Å². The average molecular weight is 483 g/mol. The summed E-state index contributed by atoms with van der Waals surface area (Å²) in [6.07, 6.45) is 10.2. The van der Waals surface area contributed by atoms with E-state index in [2.05, 4.69) is 26.0 Å². The van der Waals surface area contributed by atoms with Crippen LogP contribution >= 0.6 is 0 Å². The zero-order valence-electron chi connectivity index (χ0n) is 21.1. The molecule has 0 radical (unpaired) electrons. The number of fused-ring (bicyclic) bond motifs is 1. The summed E-state index contributed by atoms with van der Waals surface area (Å²) in [7, 11) is 0. The number of hydrogen-bond donors (Lipinski definition) is 1. The van der Waals surface area contributed by atoms with E-state index in [9.17, 15) is 10.1 Å². The van der Waals surface area contributed by atoms with Crippen molar-refractivity contribution in [1.29, 1.82) is 0 Å². The molecule has 2 aromatic carbocycles. The van der Waals surface area contributed by atoms with Gasteiger partial charge in [-0.25, -0.2) is 14.1 Å². The van der Waals surface area contributed by atoms with Gasteiger partial charge in [0, 0.05) is 12.0 Å². The molecule has 2 atom stereocenters. The number of carbonyl (C=O) groups is 1. The fourth-order valence-corrected chi connectivity index (χ4v) is 5.91. The Morgan fingerprint density at radius 1 is 1.03 bits per heavy atom. The maximum absolute atomic E-state index is 15.7. The van der Waals surface area contributed by atoms with E-state index in [1.807, 2.05) is 12.1 Å². The van der Waals surface area contributed by atoms with E-state index >= 15 is 4.39 Å². The summed E-state index contributed by atoms with van der Waals surface area (Å²) in [5, 5.41) is 9.73. The minimum atomic E-state index is -0.770. The van der Waals surface area contributed by atoms with Crippen LogP contribution in [0.25, 0.3) is 0 Å². The first-order valence-corrected chi connectivity index (χ1v) is 13.5. The van der Waals surface area contributed by atoms with Crippen LogP contribution in [-0.2, 0) is 22.5 Å². The molecule has 0 saturated heterocycles. The van der Waals surface area contributed by atoms with Crippen molar-refractivity contribution >= 4 is 5.97 Å². The van der Waals surface area contributed by atoms with Gasteiger partial charge in [0.2, 0.25) is 0 Å². The number of aryl methyl sites for hydroxylation is 1. The normalized spacial score (nSPS) is 23.0. The first-order valence-electron chi connectivity index (χ1n) is 13.5. The van der Waals surface area contributed by atoms with E-state index in [1.54, 1.807) is 12.1 Å². The molecule has 2 aliphatic rings. The van der Waals surface area contributed by atoms with Gasteiger partial charge in [-0.2, -0.15) is 0 Å². The highest BCUT2D eigenvalue weighted by atomic mass is 19.1. The van der Waals surface area contributed by atoms with Gasteiger partial charge >= 0.3 is 5.97 Å². The molecule has 1 N–H and O–H groups in total. The standard InChI is InChI=1S/C30H39FO4/c1-3-5-6-8-21-11-15-23(16-12-21)29(35-33)25-18-17-24-19-26(34-30(32)27(24)28(25)31)22-13-9-20(7-4-2)10-14-22/h9-10,13-14,17-18,21,23,26,29,33H,3-8,11-12,15-16,19H2,1-2H3. The molecule has 1 fully saturated rings. The summed E-state index contributed by atoms with van der Waals surface area (Å²) in [5.74, 6) is -0.532. The van der Waals surface area contributed by atoms with Gasteiger partial charge in [-0.05, 0) is 47.8 Å². The predicted octanol–water partition coefficient (Wildman–Crippen LogP) is 8.15. The van der Waals surface area contributed by atoms with Gasteiger partial charge in [0.15, 0.2) is 0 Å². The number of cyclic esters (lactones) is 1. The Morgan fingerprint density at radius 2 is 1.77 bits per heavy atom. The molecular weight excluding hydrogens is 443 g/mol. The SMILES string of the molecule is CCCCCC1CCC(C(OO)c2ccc3c(c2F)C(=O)OC(c2ccc(CCC)cc2)C3)CC1. The maximum atomic E-state index is 15.7. The summed E-state index contributed by atoms with van der Waals surface area (Å²) in [6, 6.07) is 11.6. The van der Waals surface area contributed by atoms with Crippen molar-refractivity contribution in [1.82, 2.24) is 0 Å². The van der Waals surface area contributed by atoms with Crippen molar-refractivity contribution in [2.24, 2.45) is 11.8 Å². The number of ether oxygens (including phenoxy) is 1. The molecule has 4 nitrogen and oxygen atoms in total. The van der Waals surface area contributed by atoms with Crippen LogP contribution in [0.3, 0.4) is 0 Å². The second-order valence-electron chi connectivity index (χ2n) is 10.4. The van der Waals surface area contributed by atoms with Crippen molar-refractivity contribution in [3.8, 4) is 0 Å². The maximum Gasteiger partial charge on any atom is 0.342 e. The van der Waals surface area contributed by atoms with Gasteiger partial charge < -0.3 is 4.74 Å². The van der Waals surface area contributed by atoms with Gasteiger partial charge in [0.1, 0.15) is 18.0 Å². The van der Waals surface area contributed by atoms with Crippen LogP contribution in [0.1, 0.15) is 116 Å². The Balaban J connectivity index is 1.47. The lowest BCUT2D eigenvalue weighted by atomic mass is 9.76. The Hall–Kier alpha value is -2.24. The van der Waals surface area contributed by atoms with Gasteiger partial charge in [-0.1, -0.05) is 95.2 Å². The highest BCUT2D eigenvalue weighted by Gasteiger charge is 2.36. The van der Waals surface area contributed by atoms with Crippen molar-refractivity contribution in [2.45, 2.75) is 96.7 Å². The van der Waals surface area contributed by atoms with Crippen LogP contribution in [0.15, 0.2) is 36.4 Å². The Morgan fingerprint density at radius 3 is 2.43 bits per heavy atom. The first kappa shape index (κ1) is 25.8. The molecule has 0 bridgehead atoms. The largest absolute Gasteiger partial charge is 0.453 e. The monoisotopic (exact) mass is 482 g/mol. The summed E-state index contributed by atoms with van der Waals surface area (Å²) in [6.45, 7) is 4.36. The van der Waals surface area contributed by atoms with Gasteiger partial charge in [-0.3, -0.25) is 5.26 Å². The topological polar surface area (TPSA) is 55.8 Å². The van der Waals surface area contributed by atoms with Crippen LogP contribution in [0, 0.1) is 17.7 Å². The highest BCUT2D eigenvalue weighted by molar-refractivity contribution is 5.93. The average Bonchev–Trinajstić information content (AvgIpc) is 2.87. The smallest absolute Gasteiger partial charge is 0.342 e. The van der Waals surface area contributed by atoms with Gasteiger partial charge in [0.25, 0.3) is 0 Å². The molecule has 190 valence electrons. The molecule has 0 amide bonds. The molecule has 1 heterocycles. The molecular formula is C30H39FO4. The predicted molar refractivity (Wildman–Crippen MR) is 135 cm³/mol. The van der Waals surface area contributed by atoms with E-state index in [-0.39, 0.29) is 17.0 Å². The third kappa shape index (κ3) is 5.95. The Labute approximate surface area is 208 Å². The lowest BCUT2D eigenvalue weighted by Gasteiger charge is -2.33. The quantitative estimate of drug-likeness (QED) is 0.161. The van der Waals surface area contributed by atoms with Crippen molar-refractivity contribution < 1.29 is 24.1 Å². The molecule has 4 rings (SSSR count). The first-order chi connectivity index (χ1) is 17.0. The lowest BCUT2D eigenvalue weighted by molar-refractivity contribution is -0.296. The summed E-state index contributed by atoms with van der Waals surface area (Å²) < 4.78 is 21.3. The van der Waals surface area contributed by atoms with E-state index < -0.39 is 24.0 Å².